The van der Waals surface area contributed by atoms with Crippen molar-refractivity contribution in [3.8, 4) is 0 Å². The molecule has 156 valence electrons. The van der Waals surface area contributed by atoms with Gasteiger partial charge in [0, 0.05) is 42.2 Å². The molecule has 2 unspecified atom stereocenters. The van der Waals surface area contributed by atoms with Crippen molar-refractivity contribution in [3.05, 3.63) is 65.2 Å². The lowest BCUT2D eigenvalue weighted by Gasteiger charge is -2.30. The van der Waals surface area contributed by atoms with E-state index in [0.717, 1.165) is 28.5 Å². The zero-order valence-corrected chi connectivity index (χ0v) is 17.9. The van der Waals surface area contributed by atoms with Gasteiger partial charge in [0.15, 0.2) is 0 Å². The number of hydrogen-bond donors (Lipinski definition) is 2. The molecule has 0 radical (unpaired) electrons. The fourth-order valence-electron chi connectivity index (χ4n) is 3.77. The van der Waals surface area contributed by atoms with E-state index < -0.39 is 0 Å². The monoisotopic (exact) mass is 395 g/mol. The lowest BCUT2D eigenvalue weighted by atomic mass is 10.2. The first kappa shape index (κ1) is 21.1. The summed E-state index contributed by atoms with van der Waals surface area (Å²) in [7, 11) is 0. The van der Waals surface area contributed by atoms with Gasteiger partial charge < -0.3 is 16.4 Å². The van der Waals surface area contributed by atoms with Crippen LogP contribution in [0.3, 0.4) is 0 Å². The van der Waals surface area contributed by atoms with E-state index in [2.05, 4.69) is 53.2 Å². The van der Waals surface area contributed by atoms with Gasteiger partial charge in [0.05, 0.1) is 24.5 Å². The van der Waals surface area contributed by atoms with Crippen LogP contribution in [0.2, 0.25) is 0 Å². The van der Waals surface area contributed by atoms with E-state index in [-0.39, 0.29) is 12.1 Å². The highest BCUT2D eigenvalue weighted by Gasteiger charge is 2.17. The minimum absolute atomic E-state index is 0.0610. The molecule has 7 nitrogen and oxygen atoms in total. The third-order valence-corrected chi connectivity index (χ3v) is 5.05. The van der Waals surface area contributed by atoms with Crippen molar-refractivity contribution in [2.75, 3.05) is 18.0 Å². The first-order valence-electron chi connectivity index (χ1n) is 10.1. The van der Waals surface area contributed by atoms with Gasteiger partial charge in [-0.3, -0.25) is 9.36 Å². The van der Waals surface area contributed by atoms with Gasteiger partial charge >= 0.3 is 0 Å². The number of benzene rings is 1. The highest BCUT2D eigenvalue weighted by atomic mass is 15.3. The van der Waals surface area contributed by atoms with E-state index in [0.29, 0.717) is 26.2 Å². The molecule has 0 aliphatic rings. The second-order valence-corrected chi connectivity index (χ2v) is 7.98. The largest absolute Gasteiger partial charge is 0.368 e. The highest BCUT2D eigenvalue weighted by molar-refractivity contribution is 5.46. The molecule has 0 aliphatic heterocycles. The minimum atomic E-state index is -0.0610. The summed E-state index contributed by atoms with van der Waals surface area (Å²) >= 11 is 0. The Labute approximate surface area is 173 Å². The van der Waals surface area contributed by atoms with Crippen LogP contribution in [-0.4, -0.2) is 44.7 Å². The smallest absolute Gasteiger partial charge is 0.0596 e. The van der Waals surface area contributed by atoms with Crippen LogP contribution in [0, 0.1) is 27.7 Å². The van der Waals surface area contributed by atoms with Crippen molar-refractivity contribution in [2.24, 2.45) is 11.5 Å². The maximum Gasteiger partial charge on any atom is 0.0596 e. The van der Waals surface area contributed by atoms with Gasteiger partial charge in [-0.2, -0.15) is 10.2 Å². The molecular formula is C22H33N7. The Balaban J connectivity index is 1.69. The molecule has 2 atom stereocenters. The van der Waals surface area contributed by atoms with E-state index in [9.17, 15) is 0 Å². The maximum atomic E-state index is 6.52. The third-order valence-electron chi connectivity index (χ3n) is 5.05. The Morgan fingerprint density at radius 2 is 1.24 bits per heavy atom. The number of nitrogens with zero attached hydrogens (tertiary/aromatic N) is 5. The minimum Gasteiger partial charge on any atom is -0.368 e. The van der Waals surface area contributed by atoms with Crippen LogP contribution >= 0.6 is 0 Å². The number of anilines is 1. The number of para-hydroxylation sites is 1. The summed E-state index contributed by atoms with van der Waals surface area (Å²) < 4.78 is 3.97. The molecule has 0 aliphatic carbocycles. The van der Waals surface area contributed by atoms with E-state index in [1.807, 2.05) is 41.4 Å². The molecule has 0 fully saturated rings. The molecule has 0 saturated carbocycles. The summed E-state index contributed by atoms with van der Waals surface area (Å²) in [5.74, 6) is 0. The number of rotatable bonds is 9. The molecule has 4 N–H and O–H groups in total. The average Bonchev–Trinajstić information content (AvgIpc) is 3.14. The van der Waals surface area contributed by atoms with Gasteiger partial charge in [-0.25, -0.2) is 0 Å². The Morgan fingerprint density at radius 1 is 0.793 bits per heavy atom. The lowest BCUT2D eigenvalue weighted by Crippen LogP contribution is -2.46. The molecule has 2 heterocycles. The van der Waals surface area contributed by atoms with Gasteiger partial charge in [-0.1, -0.05) is 18.2 Å². The summed E-state index contributed by atoms with van der Waals surface area (Å²) in [6.45, 7) is 10.9. The number of aromatic nitrogens is 4. The molecule has 0 spiro atoms. The molecule has 7 heteroatoms. The van der Waals surface area contributed by atoms with Gasteiger partial charge in [-0.15, -0.1) is 0 Å². The molecule has 0 saturated heterocycles. The Kier molecular flexibility index (Phi) is 6.71. The summed E-state index contributed by atoms with van der Waals surface area (Å²) in [6, 6.07) is 14.3. The van der Waals surface area contributed by atoms with E-state index in [1.165, 1.54) is 0 Å². The summed E-state index contributed by atoms with van der Waals surface area (Å²) in [5, 5.41) is 9.08. The van der Waals surface area contributed by atoms with E-state index in [4.69, 9.17) is 11.5 Å². The second kappa shape index (κ2) is 9.24. The quantitative estimate of drug-likeness (QED) is 0.579. The fourth-order valence-corrected chi connectivity index (χ4v) is 3.77. The molecule has 1 aromatic carbocycles. The molecule has 29 heavy (non-hydrogen) atoms. The van der Waals surface area contributed by atoms with Crippen LogP contribution in [0.1, 0.15) is 22.8 Å². The van der Waals surface area contributed by atoms with Crippen LogP contribution in [0.4, 0.5) is 5.69 Å². The van der Waals surface area contributed by atoms with Gasteiger partial charge in [0.25, 0.3) is 0 Å². The number of nitrogens with two attached hydrogens (primary N) is 2. The topological polar surface area (TPSA) is 90.9 Å². The molecule has 0 amide bonds. The van der Waals surface area contributed by atoms with E-state index in [1.54, 1.807) is 0 Å². The summed E-state index contributed by atoms with van der Waals surface area (Å²) in [4.78, 5) is 2.27. The van der Waals surface area contributed by atoms with Crippen LogP contribution < -0.4 is 16.4 Å². The van der Waals surface area contributed by atoms with Crippen molar-refractivity contribution in [3.63, 3.8) is 0 Å². The molecule has 0 bridgehead atoms. The summed E-state index contributed by atoms with van der Waals surface area (Å²) in [6.07, 6.45) is 0. The zero-order chi connectivity index (χ0) is 21.0. The summed E-state index contributed by atoms with van der Waals surface area (Å²) in [5.41, 5.74) is 18.4. The van der Waals surface area contributed by atoms with Crippen LogP contribution in [-0.2, 0) is 13.1 Å². The van der Waals surface area contributed by atoms with Crippen molar-refractivity contribution in [2.45, 2.75) is 52.9 Å². The predicted octanol–water partition coefficient (Wildman–Crippen LogP) is 2.17. The SMILES string of the molecule is Cc1cc(C)n(CC(N)CN(CC(N)Cn2nc(C)cc2C)c2ccccc2)n1. The fraction of sp³-hybridized carbons (Fsp3) is 0.455. The van der Waals surface area contributed by atoms with Crippen molar-refractivity contribution >= 4 is 5.69 Å². The van der Waals surface area contributed by atoms with Crippen LogP contribution in [0.15, 0.2) is 42.5 Å². The maximum absolute atomic E-state index is 6.52. The van der Waals surface area contributed by atoms with Gasteiger partial charge in [-0.05, 0) is 52.0 Å². The first-order valence-corrected chi connectivity index (χ1v) is 10.1. The van der Waals surface area contributed by atoms with Gasteiger partial charge in [0.1, 0.15) is 0 Å². The van der Waals surface area contributed by atoms with Crippen molar-refractivity contribution < 1.29 is 0 Å². The normalized spacial score (nSPS) is 13.4. The molecule has 2 aromatic heterocycles. The van der Waals surface area contributed by atoms with E-state index >= 15 is 0 Å². The highest BCUT2D eigenvalue weighted by Crippen LogP contribution is 2.15. The molecule has 3 aromatic rings. The average molecular weight is 396 g/mol. The number of aryl methyl sites for hydroxylation is 4. The Bertz CT molecular complexity index is 856. The molecular weight excluding hydrogens is 362 g/mol. The lowest BCUT2D eigenvalue weighted by molar-refractivity contribution is 0.462. The Morgan fingerprint density at radius 3 is 1.62 bits per heavy atom. The third kappa shape index (κ3) is 5.68. The van der Waals surface area contributed by atoms with Crippen LogP contribution in [0.5, 0.6) is 0 Å². The first-order chi connectivity index (χ1) is 13.8. The van der Waals surface area contributed by atoms with Crippen molar-refractivity contribution in [1.82, 2.24) is 19.6 Å². The standard InChI is InChI=1S/C22H33N7/c1-16-10-18(3)28(25-16)14-20(23)12-27(22-8-6-5-7-9-22)13-21(24)15-29-19(4)11-17(2)26-29/h5-11,20-21H,12-15,23-24H2,1-4H3. The van der Waals surface area contributed by atoms with Crippen LogP contribution in [0.25, 0.3) is 0 Å². The van der Waals surface area contributed by atoms with Gasteiger partial charge in [0.2, 0.25) is 0 Å². The Hall–Kier alpha value is -2.64. The zero-order valence-electron chi connectivity index (χ0n) is 17.9. The van der Waals surface area contributed by atoms with Crippen molar-refractivity contribution in [1.29, 1.82) is 0 Å². The number of hydrogen-bond acceptors (Lipinski definition) is 5. The molecule has 3 rings (SSSR count). The second-order valence-electron chi connectivity index (χ2n) is 7.98. The predicted molar refractivity (Wildman–Crippen MR) is 118 cm³/mol.